The van der Waals surface area contributed by atoms with Crippen LogP contribution >= 0.6 is 27.7 Å². The number of ether oxygens (including phenoxy) is 1. The van der Waals surface area contributed by atoms with Crippen LogP contribution < -0.4 is 10.1 Å². The number of rotatable bonds is 4. The second kappa shape index (κ2) is 9.11. The Balaban J connectivity index is 1.44. The third-order valence-electron chi connectivity index (χ3n) is 4.11. The summed E-state index contributed by atoms with van der Waals surface area (Å²) < 4.78 is 6.34. The zero-order valence-corrected chi connectivity index (χ0v) is 17.9. The average molecular weight is 479 g/mol. The predicted octanol–water partition coefficient (Wildman–Crippen LogP) is 5.56. The molecule has 0 aromatic heterocycles. The Kier molecular flexibility index (Phi) is 6.11. The Labute approximate surface area is 186 Å². The first kappa shape index (κ1) is 20.1. The number of halogens is 1. The van der Waals surface area contributed by atoms with Crippen molar-refractivity contribution < 1.29 is 14.3 Å². The lowest BCUT2D eigenvalue weighted by atomic mass is 10.2. The lowest BCUT2D eigenvalue weighted by molar-refractivity contribution is -0.115. The molecule has 1 aliphatic heterocycles. The van der Waals surface area contributed by atoms with Gasteiger partial charge >= 0.3 is 5.97 Å². The van der Waals surface area contributed by atoms with Crippen molar-refractivity contribution in [3.8, 4) is 5.75 Å². The SMILES string of the molecule is O=C1NC(=Nc2ccc(Br)cc2)S/C1=C\c1ccc(OC(=O)c2ccccc2)cc1. The molecular formula is C23H15BrN2O3S. The molecule has 1 saturated heterocycles. The van der Waals surface area contributed by atoms with Gasteiger partial charge in [0.15, 0.2) is 5.17 Å². The largest absolute Gasteiger partial charge is 0.423 e. The van der Waals surface area contributed by atoms with Crippen molar-refractivity contribution in [2.24, 2.45) is 4.99 Å². The fraction of sp³-hybridized carbons (Fsp3) is 0. The number of amidine groups is 1. The smallest absolute Gasteiger partial charge is 0.343 e. The van der Waals surface area contributed by atoms with Gasteiger partial charge < -0.3 is 10.1 Å². The van der Waals surface area contributed by atoms with Gasteiger partial charge in [0.25, 0.3) is 5.91 Å². The molecule has 0 bridgehead atoms. The average Bonchev–Trinajstić information content (AvgIpc) is 3.10. The van der Waals surface area contributed by atoms with Crippen LogP contribution in [0, 0.1) is 0 Å². The van der Waals surface area contributed by atoms with Crippen LogP contribution in [0.1, 0.15) is 15.9 Å². The van der Waals surface area contributed by atoms with E-state index in [1.54, 1.807) is 54.6 Å². The van der Waals surface area contributed by atoms with Gasteiger partial charge in [0, 0.05) is 4.47 Å². The maximum atomic E-state index is 12.2. The van der Waals surface area contributed by atoms with Crippen LogP contribution in [0.25, 0.3) is 6.08 Å². The Hall–Kier alpha value is -3.16. The predicted molar refractivity (Wildman–Crippen MR) is 123 cm³/mol. The number of hydrogen-bond acceptors (Lipinski definition) is 5. The number of carbonyl (C=O) groups is 2. The molecule has 3 aromatic rings. The molecule has 0 atom stereocenters. The number of esters is 1. The van der Waals surface area contributed by atoms with E-state index in [2.05, 4.69) is 26.2 Å². The number of benzene rings is 3. The van der Waals surface area contributed by atoms with Gasteiger partial charge in [-0.05, 0) is 71.9 Å². The quantitative estimate of drug-likeness (QED) is 0.302. The van der Waals surface area contributed by atoms with E-state index in [4.69, 9.17) is 4.74 Å². The highest BCUT2D eigenvalue weighted by Gasteiger charge is 2.23. The highest BCUT2D eigenvalue weighted by atomic mass is 79.9. The van der Waals surface area contributed by atoms with Crippen LogP contribution in [-0.4, -0.2) is 17.0 Å². The molecule has 1 heterocycles. The molecule has 3 aromatic carbocycles. The molecule has 1 N–H and O–H groups in total. The molecular weight excluding hydrogens is 464 g/mol. The van der Waals surface area contributed by atoms with Gasteiger partial charge in [0.2, 0.25) is 0 Å². The molecule has 0 unspecified atom stereocenters. The molecule has 1 amide bonds. The van der Waals surface area contributed by atoms with E-state index in [0.717, 1.165) is 15.7 Å². The molecule has 0 spiro atoms. The van der Waals surface area contributed by atoms with E-state index in [1.165, 1.54) is 11.8 Å². The minimum absolute atomic E-state index is 0.199. The topological polar surface area (TPSA) is 67.8 Å². The second-order valence-electron chi connectivity index (χ2n) is 6.28. The third kappa shape index (κ3) is 5.06. The molecule has 4 rings (SSSR count). The summed E-state index contributed by atoms with van der Waals surface area (Å²) >= 11 is 4.66. The van der Waals surface area contributed by atoms with E-state index in [-0.39, 0.29) is 5.91 Å². The van der Waals surface area contributed by atoms with E-state index in [9.17, 15) is 9.59 Å². The number of thioether (sulfide) groups is 1. The molecule has 148 valence electrons. The molecule has 0 saturated carbocycles. The van der Waals surface area contributed by atoms with E-state index in [1.807, 2.05) is 30.3 Å². The first-order valence-electron chi connectivity index (χ1n) is 8.99. The van der Waals surface area contributed by atoms with E-state index < -0.39 is 5.97 Å². The molecule has 0 aliphatic carbocycles. The summed E-state index contributed by atoms with van der Waals surface area (Å²) in [4.78, 5) is 29.4. The maximum absolute atomic E-state index is 12.2. The van der Waals surface area contributed by atoms with Crippen LogP contribution in [0.3, 0.4) is 0 Å². The van der Waals surface area contributed by atoms with Crippen LogP contribution in [-0.2, 0) is 4.79 Å². The molecule has 7 heteroatoms. The molecule has 0 radical (unpaired) electrons. The van der Waals surface area contributed by atoms with Crippen molar-refractivity contribution >= 4 is 56.5 Å². The number of hydrogen-bond donors (Lipinski definition) is 1. The van der Waals surface area contributed by atoms with Crippen molar-refractivity contribution in [1.82, 2.24) is 5.32 Å². The van der Waals surface area contributed by atoms with Crippen LogP contribution in [0.15, 0.2) is 93.2 Å². The standard InChI is InChI=1S/C23H15BrN2O3S/c24-17-8-10-18(11-9-17)25-23-26-21(27)20(30-23)14-15-6-12-19(13-7-15)29-22(28)16-4-2-1-3-5-16/h1-14H,(H,25,26,27)/b20-14-. The fourth-order valence-corrected chi connectivity index (χ4v) is 3.74. The fourth-order valence-electron chi connectivity index (χ4n) is 2.64. The summed E-state index contributed by atoms with van der Waals surface area (Å²) in [6.45, 7) is 0. The van der Waals surface area contributed by atoms with Crippen molar-refractivity contribution in [2.45, 2.75) is 0 Å². The van der Waals surface area contributed by atoms with Gasteiger partial charge in [0.1, 0.15) is 5.75 Å². The molecule has 30 heavy (non-hydrogen) atoms. The molecule has 5 nitrogen and oxygen atoms in total. The highest BCUT2D eigenvalue weighted by molar-refractivity contribution is 9.10. The van der Waals surface area contributed by atoms with Gasteiger partial charge in [-0.25, -0.2) is 9.79 Å². The number of carbonyl (C=O) groups excluding carboxylic acids is 2. The number of nitrogens with one attached hydrogen (secondary N) is 1. The minimum Gasteiger partial charge on any atom is -0.423 e. The van der Waals surface area contributed by atoms with E-state index in [0.29, 0.717) is 21.4 Å². The van der Waals surface area contributed by atoms with Gasteiger partial charge in [-0.3, -0.25) is 4.79 Å². The zero-order chi connectivity index (χ0) is 20.9. The third-order valence-corrected chi connectivity index (χ3v) is 5.54. The van der Waals surface area contributed by atoms with Gasteiger partial charge in [-0.2, -0.15) is 0 Å². The van der Waals surface area contributed by atoms with Crippen LogP contribution in [0.2, 0.25) is 0 Å². The van der Waals surface area contributed by atoms with Crippen molar-refractivity contribution in [3.05, 3.63) is 99.4 Å². The lowest BCUT2D eigenvalue weighted by Crippen LogP contribution is -2.19. The van der Waals surface area contributed by atoms with E-state index >= 15 is 0 Å². The van der Waals surface area contributed by atoms with Gasteiger partial charge in [0.05, 0.1) is 16.2 Å². The summed E-state index contributed by atoms with van der Waals surface area (Å²) in [5, 5.41) is 3.30. The number of nitrogens with zero attached hydrogens (tertiary/aromatic N) is 1. The monoisotopic (exact) mass is 478 g/mol. The molecule has 1 aliphatic rings. The van der Waals surface area contributed by atoms with Crippen molar-refractivity contribution in [3.63, 3.8) is 0 Å². The summed E-state index contributed by atoms with van der Waals surface area (Å²) in [5.41, 5.74) is 2.06. The zero-order valence-electron chi connectivity index (χ0n) is 15.5. The summed E-state index contributed by atoms with van der Waals surface area (Å²) in [7, 11) is 0. The normalized spacial score (nSPS) is 16.0. The van der Waals surface area contributed by atoms with Gasteiger partial charge in [-0.1, -0.05) is 46.3 Å². The Morgan fingerprint density at radius 2 is 1.67 bits per heavy atom. The lowest BCUT2D eigenvalue weighted by Gasteiger charge is -2.04. The minimum atomic E-state index is -0.416. The van der Waals surface area contributed by atoms with Crippen molar-refractivity contribution in [2.75, 3.05) is 0 Å². The Bertz CT molecular complexity index is 1140. The van der Waals surface area contributed by atoms with Crippen LogP contribution in [0.4, 0.5) is 5.69 Å². The Morgan fingerprint density at radius 3 is 2.37 bits per heavy atom. The number of aliphatic imine (C=N–C) groups is 1. The number of amides is 1. The molecule has 1 fully saturated rings. The summed E-state index contributed by atoms with van der Waals surface area (Å²) in [5.74, 6) is -0.177. The Morgan fingerprint density at radius 1 is 0.967 bits per heavy atom. The van der Waals surface area contributed by atoms with Crippen LogP contribution in [0.5, 0.6) is 5.75 Å². The first-order chi connectivity index (χ1) is 14.6. The summed E-state index contributed by atoms with van der Waals surface area (Å²) in [6.07, 6.45) is 1.77. The second-order valence-corrected chi connectivity index (χ2v) is 8.23. The summed E-state index contributed by atoms with van der Waals surface area (Å²) in [6, 6.07) is 23.3. The first-order valence-corrected chi connectivity index (χ1v) is 10.6. The van der Waals surface area contributed by atoms with Gasteiger partial charge in [-0.15, -0.1) is 0 Å². The van der Waals surface area contributed by atoms with Crippen molar-refractivity contribution in [1.29, 1.82) is 0 Å². The maximum Gasteiger partial charge on any atom is 0.343 e. The highest BCUT2D eigenvalue weighted by Crippen LogP contribution is 2.29.